The molecule has 0 fully saturated rings. The molecule has 1 N–H and O–H groups in total. The van der Waals surface area contributed by atoms with Gasteiger partial charge in [-0.2, -0.15) is 0 Å². The third-order valence-electron chi connectivity index (χ3n) is 12.5. The lowest BCUT2D eigenvalue weighted by Gasteiger charge is -2.45. The third-order valence-corrected chi connectivity index (χ3v) is 12.5. The first-order chi connectivity index (χ1) is 31.2. The highest BCUT2D eigenvalue weighted by atomic mass is 15.2. The second kappa shape index (κ2) is 15.4. The first-order valence-corrected chi connectivity index (χ1v) is 21.5. The van der Waals surface area contributed by atoms with Crippen molar-refractivity contribution in [3.05, 3.63) is 247 Å². The maximum Gasteiger partial charge on any atom is 0.145 e. The van der Waals surface area contributed by atoms with Crippen LogP contribution in [0.4, 0.5) is 0 Å². The summed E-state index contributed by atoms with van der Waals surface area (Å²) in [7, 11) is 0. The smallest absolute Gasteiger partial charge is 0.145 e. The van der Waals surface area contributed by atoms with Crippen LogP contribution in [0.2, 0.25) is 0 Å². The van der Waals surface area contributed by atoms with E-state index >= 15 is 0 Å². The van der Waals surface area contributed by atoms with Crippen molar-refractivity contribution in [2.24, 2.45) is 0 Å². The normalized spacial score (nSPS) is 15.1. The first-order valence-electron chi connectivity index (χ1n) is 21.5. The third kappa shape index (κ3) is 6.54. The zero-order valence-corrected chi connectivity index (χ0v) is 34.3. The number of hydrogen-bond acceptors (Lipinski definition) is 3. The van der Waals surface area contributed by atoms with Gasteiger partial charge in [-0.05, 0) is 63.1 Å². The van der Waals surface area contributed by atoms with Crippen LogP contribution in [0.5, 0.6) is 0 Å². The van der Waals surface area contributed by atoms with Crippen LogP contribution < -0.4 is 5.32 Å². The lowest BCUT2D eigenvalue weighted by Crippen LogP contribution is -2.25. The zero-order valence-electron chi connectivity index (χ0n) is 34.3. The lowest BCUT2D eigenvalue weighted by molar-refractivity contribution is 0.664. The van der Waals surface area contributed by atoms with Gasteiger partial charge >= 0.3 is 0 Å². The van der Waals surface area contributed by atoms with Crippen LogP contribution in [0.15, 0.2) is 225 Å². The summed E-state index contributed by atoms with van der Waals surface area (Å²) in [5, 5.41) is 14.7. The van der Waals surface area contributed by atoms with Crippen LogP contribution in [-0.2, 0) is 0 Å². The largest absolute Gasteiger partial charge is 0.629 e. The summed E-state index contributed by atoms with van der Waals surface area (Å²) < 4.78 is 2.35. The van der Waals surface area contributed by atoms with Gasteiger partial charge < -0.3 is 10.6 Å². The highest BCUT2D eigenvalue weighted by Crippen LogP contribution is 2.42. The topological polar surface area (TPSA) is 56.8 Å². The highest BCUT2D eigenvalue weighted by Gasteiger charge is 2.22. The van der Waals surface area contributed by atoms with E-state index in [9.17, 15) is 0 Å². The van der Waals surface area contributed by atoms with Crippen LogP contribution >= 0.6 is 0 Å². The molecule has 1 aliphatic heterocycles. The second-order valence-electron chi connectivity index (χ2n) is 16.2. The predicted octanol–water partition coefficient (Wildman–Crippen LogP) is 14.6. The Kier molecular flexibility index (Phi) is 8.98. The van der Waals surface area contributed by atoms with E-state index in [1.807, 2.05) is 12.3 Å². The molecule has 5 nitrogen and oxygen atoms in total. The second-order valence-corrected chi connectivity index (χ2v) is 16.2. The number of aromatic nitrogens is 3. The summed E-state index contributed by atoms with van der Waals surface area (Å²) in [4.78, 5) is 10.4. The molecular weight excluding hydrogens is 767 g/mol. The summed E-state index contributed by atoms with van der Waals surface area (Å²) in [6, 6.07) is 75.3. The van der Waals surface area contributed by atoms with Gasteiger partial charge in [0.15, 0.2) is 0 Å². The van der Waals surface area contributed by atoms with E-state index in [0.29, 0.717) is 0 Å². The maximum absolute atomic E-state index is 5.50. The SMILES string of the molecule is C1=C(c2ccc(-c3ccc(-c4nc5c6ccccc6c6ncccc6c5n4-c4cccc5ccccc45)cc3)cc2)NC(c2ccccc2)[N-]C1c1ccc(-c2ccccc2)cc1. The van der Waals surface area contributed by atoms with E-state index < -0.39 is 0 Å². The molecule has 12 rings (SSSR count). The number of imidazole rings is 1. The summed E-state index contributed by atoms with van der Waals surface area (Å²) in [5.74, 6) is 0.891. The zero-order chi connectivity index (χ0) is 41.7. The molecule has 0 spiro atoms. The number of rotatable bonds is 7. The van der Waals surface area contributed by atoms with Gasteiger partial charge in [0.1, 0.15) is 5.82 Å². The maximum atomic E-state index is 5.50. The number of nitrogens with zero attached hydrogens (tertiary/aromatic N) is 4. The molecule has 298 valence electrons. The first kappa shape index (κ1) is 36.7. The van der Waals surface area contributed by atoms with Gasteiger partial charge in [0.05, 0.1) is 22.2 Å². The van der Waals surface area contributed by atoms with Crippen LogP contribution in [0.1, 0.15) is 28.9 Å². The molecular formula is C58H40N5-. The van der Waals surface area contributed by atoms with Crippen molar-refractivity contribution in [3.63, 3.8) is 0 Å². The highest BCUT2D eigenvalue weighted by molar-refractivity contribution is 6.23. The Balaban J connectivity index is 0.912. The van der Waals surface area contributed by atoms with Gasteiger partial charge in [-0.15, -0.1) is 0 Å². The van der Waals surface area contributed by atoms with Crippen molar-refractivity contribution in [2.75, 3.05) is 0 Å². The standard InChI is InChI=1S/C58H40N5/c1-3-13-38(14-4-1)39-24-30-43(31-25-39)51-37-52(61-57(60-51)45-16-5-2-6-17-45)44-32-26-40(27-33-44)41-28-34-46(35-29-41)58-62-55-49-21-10-9-20-48(49)54-50(22-12-36-59-54)56(55)63(58)53-23-11-18-42-15-7-8-19-47(42)53/h1-37,51,57,61H/q-1. The van der Waals surface area contributed by atoms with Crippen molar-refractivity contribution < 1.29 is 0 Å². The fourth-order valence-corrected chi connectivity index (χ4v) is 9.31. The molecule has 1 aliphatic rings. The van der Waals surface area contributed by atoms with E-state index in [1.54, 1.807) is 0 Å². The van der Waals surface area contributed by atoms with Crippen molar-refractivity contribution in [1.29, 1.82) is 0 Å². The molecule has 2 atom stereocenters. The fourth-order valence-electron chi connectivity index (χ4n) is 9.31. The van der Waals surface area contributed by atoms with Crippen molar-refractivity contribution >= 4 is 49.2 Å². The molecule has 0 bridgehead atoms. The van der Waals surface area contributed by atoms with Crippen molar-refractivity contribution in [1.82, 2.24) is 19.9 Å². The van der Waals surface area contributed by atoms with E-state index in [-0.39, 0.29) is 12.2 Å². The molecule has 11 aromatic rings. The van der Waals surface area contributed by atoms with Crippen LogP contribution in [0.3, 0.4) is 0 Å². The van der Waals surface area contributed by atoms with Gasteiger partial charge in [-0.3, -0.25) is 9.55 Å². The Bertz CT molecular complexity index is 3480. The van der Waals surface area contributed by atoms with Crippen LogP contribution in [0, 0.1) is 0 Å². The molecule has 2 aromatic heterocycles. The van der Waals surface area contributed by atoms with E-state index in [0.717, 1.165) is 77.7 Å². The number of hydrogen-bond donors (Lipinski definition) is 1. The molecule has 9 aromatic carbocycles. The Morgan fingerprint density at radius 2 is 0.984 bits per heavy atom. The van der Waals surface area contributed by atoms with E-state index in [1.165, 1.54) is 27.5 Å². The quantitative estimate of drug-likeness (QED) is 0.163. The minimum Gasteiger partial charge on any atom is -0.629 e. The predicted molar refractivity (Wildman–Crippen MR) is 261 cm³/mol. The van der Waals surface area contributed by atoms with Gasteiger partial charge in [-0.25, -0.2) is 4.98 Å². The fraction of sp³-hybridized carbons (Fsp3) is 0.0345. The molecule has 0 saturated carbocycles. The molecule has 2 unspecified atom stereocenters. The van der Waals surface area contributed by atoms with E-state index in [2.05, 4.69) is 222 Å². The Morgan fingerprint density at radius 3 is 1.71 bits per heavy atom. The van der Waals surface area contributed by atoms with Gasteiger partial charge in [0.2, 0.25) is 0 Å². The average Bonchev–Trinajstić information content (AvgIpc) is 3.78. The Labute approximate surface area is 365 Å². The van der Waals surface area contributed by atoms with E-state index in [4.69, 9.17) is 15.3 Å². The van der Waals surface area contributed by atoms with Gasteiger partial charge in [0, 0.05) is 39.0 Å². The summed E-state index contributed by atoms with van der Waals surface area (Å²) in [6.07, 6.45) is 3.96. The molecule has 63 heavy (non-hydrogen) atoms. The number of fused-ring (bicyclic) bond motifs is 7. The molecule has 0 saturated heterocycles. The molecule has 0 aliphatic carbocycles. The van der Waals surface area contributed by atoms with Crippen LogP contribution in [0.25, 0.3) is 93.8 Å². The lowest BCUT2D eigenvalue weighted by atomic mass is 9.95. The number of benzene rings is 9. The Morgan fingerprint density at radius 1 is 0.429 bits per heavy atom. The monoisotopic (exact) mass is 806 g/mol. The molecule has 0 radical (unpaired) electrons. The average molecular weight is 807 g/mol. The minimum atomic E-state index is -0.178. The molecule has 3 heterocycles. The van der Waals surface area contributed by atoms with Gasteiger partial charge in [-0.1, -0.05) is 212 Å². The minimum absolute atomic E-state index is 0.103. The summed E-state index contributed by atoms with van der Waals surface area (Å²) >= 11 is 0. The summed E-state index contributed by atoms with van der Waals surface area (Å²) in [5.41, 5.74) is 14.3. The number of pyridine rings is 1. The van der Waals surface area contributed by atoms with Gasteiger partial charge in [0.25, 0.3) is 0 Å². The Hall–Kier alpha value is -8.12. The molecule has 0 amide bonds. The summed E-state index contributed by atoms with van der Waals surface area (Å²) in [6.45, 7) is 0. The molecule has 5 heteroatoms. The van der Waals surface area contributed by atoms with Crippen LogP contribution in [-0.4, -0.2) is 14.5 Å². The number of nitrogens with one attached hydrogen (secondary N) is 1. The van der Waals surface area contributed by atoms with Crippen molar-refractivity contribution in [2.45, 2.75) is 12.2 Å². The van der Waals surface area contributed by atoms with Crippen molar-refractivity contribution in [3.8, 4) is 39.3 Å².